The van der Waals surface area contributed by atoms with Gasteiger partial charge in [0.15, 0.2) is 15.0 Å². The summed E-state index contributed by atoms with van der Waals surface area (Å²) in [5.74, 6) is -2.35. The van der Waals surface area contributed by atoms with E-state index < -0.39 is 15.6 Å². The third kappa shape index (κ3) is 4.56. The Labute approximate surface area is 172 Å². The fourth-order valence-corrected chi connectivity index (χ4v) is 6.37. The van der Waals surface area contributed by atoms with E-state index in [1.165, 1.54) is 0 Å². The van der Waals surface area contributed by atoms with Crippen LogP contribution in [0.2, 0.25) is 0 Å². The first-order valence-corrected chi connectivity index (χ1v) is 12.1. The lowest BCUT2D eigenvalue weighted by Gasteiger charge is -2.37. The van der Waals surface area contributed by atoms with Gasteiger partial charge in [0, 0.05) is 32.2 Å². The minimum atomic E-state index is -2.94. The number of alkyl halides is 2. The van der Waals surface area contributed by atoms with Gasteiger partial charge in [-0.3, -0.25) is 9.69 Å². The predicted molar refractivity (Wildman–Crippen MR) is 107 cm³/mol. The van der Waals surface area contributed by atoms with Crippen molar-refractivity contribution in [1.29, 1.82) is 0 Å². The Hall–Kier alpha value is -1.72. The number of hydrogen-bond acceptors (Lipinski definition) is 6. The van der Waals surface area contributed by atoms with Crippen molar-refractivity contribution in [2.24, 2.45) is 0 Å². The van der Waals surface area contributed by atoms with E-state index >= 15 is 0 Å². The number of amides is 1. The molecule has 0 N–H and O–H groups in total. The summed E-state index contributed by atoms with van der Waals surface area (Å²) in [6, 6.07) is 7.10. The average Bonchev–Trinajstić information content (AvgIpc) is 3.21. The number of fused-ring (bicyclic) bond motifs is 1. The van der Waals surface area contributed by atoms with Crippen molar-refractivity contribution in [2.45, 2.75) is 29.9 Å². The number of rotatable bonds is 5. The molecule has 1 unspecified atom stereocenters. The highest BCUT2D eigenvalue weighted by atomic mass is 32.2. The molecule has 158 valence electrons. The minimum Gasteiger partial charge on any atom is -0.339 e. The molecule has 2 aliphatic rings. The minimum absolute atomic E-state index is 0.0314. The number of imidazole rings is 1. The van der Waals surface area contributed by atoms with Crippen molar-refractivity contribution in [3.8, 4) is 0 Å². The molecule has 1 amide bonds. The summed E-state index contributed by atoms with van der Waals surface area (Å²) < 4.78 is 50.8. The number of sulfone groups is 1. The van der Waals surface area contributed by atoms with E-state index in [0.717, 1.165) is 0 Å². The fraction of sp³-hybridized carbons (Fsp3) is 0.556. The molecule has 0 aliphatic carbocycles. The molecule has 0 spiro atoms. The van der Waals surface area contributed by atoms with Crippen LogP contribution < -0.4 is 0 Å². The molecule has 2 fully saturated rings. The van der Waals surface area contributed by atoms with Gasteiger partial charge in [-0.2, -0.15) is 8.78 Å². The highest BCUT2D eigenvalue weighted by Crippen LogP contribution is 2.28. The zero-order chi connectivity index (χ0) is 20.6. The maximum Gasteiger partial charge on any atom is 0.291 e. The van der Waals surface area contributed by atoms with Crippen molar-refractivity contribution >= 4 is 38.5 Å². The first kappa shape index (κ1) is 20.5. The van der Waals surface area contributed by atoms with Crippen molar-refractivity contribution in [2.75, 3.05) is 37.7 Å². The van der Waals surface area contributed by atoms with Crippen LogP contribution in [0.1, 0.15) is 6.42 Å². The quantitative estimate of drug-likeness (QED) is 0.654. The lowest BCUT2D eigenvalue weighted by molar-refractivity contribution is -0.133. The van der Waals surface area contributed by atoms with Gasteiger partial charge in [-0.1, -0.05) is 12.1 Å². The number of halogens is 2. The van der Waals surface area contributed by atoms with Gasteiger partial charge in [0.2, 0.25) is 5.91 Å². The van der Waals surface area contributed by atoms with E-state index in [4.69, 9.17) is 0 Å². The topological polar surface area (TPSA) is 75.5 Å². The van der Waals surface area contributed by atoms with Crippen molar-refractivity contribution in [1.82, 2.24) is 19.4 Å². The lowest BCUT2D eigenvalue weighted by Crippen LogP contribution is -2.52. The largest absolute Gasteiger partial charge is 0.339 e. The zero-order valence-electron chi connectivity index (χ0n) is 15.7. The molecule has 1 aromatic carbocycles. The Bertz CT molecular complexity index is 1000. The van der Waals surface area contributed by atoms with E-state index in [-0.39, 0.29) is 35.2 Å². The lowest BCUT2D eigenvalue weighted by atomic mass is 10.2. The molecule has 1 atom stereocenters. The zero-order valence-corrected chi connectivity index (χ0v) is 17.3. The SMILES string of the molecule is O=C(Cn1c(SC(F)F)nc2ccccc21)N1CCN(C2CCS(=O)(=O)C2)CC1. The Morgan fingerprint density at radius 1 is 1.21 bits per heavy atom. The van der Waals surface area contributed by atoms with E-state index in [9.17, 15) is 22.0 Å². The van der Waals surface area contributed by atoms with Crippen LogP contribution in [0.3, 0.4) is 0 Å². The summed E-state index contributed by atoms with van der Waals surface area (Å²) >= 11 is 0.339. The number of carbonyl (C=O) groups excluding carboxylic acids is 1. The number of carbonyl (C=O) groups is 1. The van der Waals surface area contributed by atoms with Gasteiger partial charge in [0.1, 0.15) is 6.54 Å². The summed E-state index contributed by atoms with van der Waals surface area (Å²) in [6.07, 6.45) is 0.644. The van der Waals surface area contributed by atoms with Gasteiger partial charge in [-0.15, -0.1) is 0 Å². The van der Waals surface area contributed by atoms with Crippen molar-refractivity contribution in [3.63, 3.8) is 0 Å². The second-order valence-electron chi connectivity index (χ2n) is 7.32. The molecule has 2 aliphatic heterocycles. The second-order valence-corrected chi connectivity index (χ2v) is 10.5. The molecular formula is C18H22F2N4O3S2. The summed E-state index contributed by atoms with van der Waals surface area (Å²) in [5.41, 5.74) is 1.23. The Balaban J connectivity index is 1.43. The van der Waals surface area contributed by atoms with Crippen LogP contribution in [-0.4, -0.2) is 83.2 Å². The van der Waals surface area contributed by atoms with Gasteiger partial charge < -0.3 is 9.47 Å². The summed E-state index contributed by atoms with van der Waals surface area (Å²) in [7, 11) is -2.94. The molecule has 29 heavy (non-hydrogen) atoms. The van der Waals surface area contributed by atoms with Gasteiger partial charge in [0.25, 0.3) is 5.76 Å². The first-order chi connectivity index (χ1) is 13.8. The van der Waals surface area contributed by atoms with Crippen LogP contribution in [0, 0.1) is 0 Å². The molecular weight excluding hydrogens is 422 g/mol. The van der Waals surface area contributed by atoms with Crippen LogP contribution in [0.4, 0.5) is 8.78 Å². The van der Waals surface area contributed by atoms with E-state index in [1.54, 1.807) is 33.7 Å². The highest BCUT2D eigenvalue weighted by molar-refractivity contribution is 7.99. The summed E-state index contributed by atoms with van der Waals surface area (Å²) in [5, 5.41) is 0.129. The number of aromatic nitrogens is 2. The van der Waals surface area contributed by atoms with E-state index in [2.05, 4.69) is 9.88 Å². The molecule has 11 heteroatoms. The van der Waals surface area contributed by atoms with Gasteiger partial charge in [-0.05, 0) is 30.3 Å². The Morgan fingerprint density at radius 2 is 1.93 bits per heavy atom. The maximum absolute atomic E-state index is 12.9. The van der Waals surface area contributed by atoms with Gasteiger partial charge >= 0.3 is 0 Å². The van der Waals surface area contributed by atoms with Crippen LogP contribution in [0.15, 0.2) is 29.4 Å². The molecule has 4 rings (SSSR count). The van der Waals surface area contributed by atoms with Crippen molar-refractivity contribution < 1.29 is 22.0 Å². The molecule has 2 saturated heterocycles. The maximum atomic E-state index is 12.9. The van der Waals surface area contributed by atoms with E-state index in [1.807, 2.05) is 0 Å². The molecule has 3 heterocycles. The number of hydrogen-bond donors (Lipinski definition) is 0. The van der Waals surface area contributed by atoms with Crippen LogP contribution in [0.5, 0.6) is 0 Å². The monoisotopic (exact) mass is 444 g/mol. The highest BCUT2D eigenvalue weighted by Gasteiger charge is 2.34. The van der Waals surface area contributed by atoms with E-state index in [0.29, 0.717) is 55.4 Å². The third-order valence-corrected chi connectivity index (χ3v) is 7.95. The predicted octanol–water partition coefficient (Wildman–Crippen LogP) is 1.68. The van der Waals surface area contributed by atoms with Gasteiger partial charge in [-0.25, -0.2) is 13.4 Å². The third-order valence-electron chi connectivity index (χ3n) is 5.50. The summed E-state index contributed by atoms with van der Waals surface area (Å²) in [4.78, 5) is 20.9. The molecule has 1 aromatic heterocycles. The van der Waals surface area contributed by atoms with Crippen LogP contribution in [-0.2, 0) is 21.2 Å². The smallest absolute Gasteiger partial charge is 0.291 e. The molecule has 0 bridgehead atoms. The number of thioether (sulfide) groups is 1. The molecule has 0 radical (unpaired) electrons. The molecule has 7 nitrogen and oxygen atoms in total. The average molecular weight is 445 g/mol. The Kier molecular flexibility index (Phi) is 5.80. The number of para-hydroxylation sites is 2. The molecule has 2 aromatic rings. The van der Waals surface area contributed by atoms with Crippen LogP contribution >= 0.6 is 11.8 Å². The standard InChI is InChI=1S/C18H22F2N4O3S2/c19-17(20)28-18-21-14-3-1-2-4-15(14)24(18)11-16(25)23-8-6-22(7-9-23)13-5-10-29(26,27)12-13/h1-4,13,17H,5-12H2. The van der Waals surface area contributed by atoms with Crippen LogP contribution in [0.25, 0.3) is 11.0 Å². The normalized spacial score (nSPS) is 22.6. The fourth-order valence-electron chi connectivity index (χ4n) is 4.01. The number of benzene rings is 1. The van der Waals surface area contributed by atoms with Crippen molar-refractivity contribution in [3.05, 3.63) is 24.3 Å². The first-order valence-electron chi connectivity index (χ1n) is 9.45. The number of nitrogens with zero attached hydrogens (tertiary/aromatic N) is 4. The van der Waals surface area contributed by atoms with Gasteiger partial charge in [0.05, 0.1) is 22.5 Å². The second kappa shape index (κ2) is 8.19. The summed E-state index contributed by atoms with van der Waals surface area (Å²) in [6.45, 7) is 2.19. The molecule has 0 saturated carbocycles. The number of piperazine rings is 1. The Morgan fingerprint density at radius 3 is 2.59 bits per heavy atom.